The zero-order valence-corrected chi connectivity index (χ0v) is 16.5. The third-order valence-corrected chi connectivity index (χ3v) is 5.32. The van der Waals surface area contributed by atoms with Crippen molar-refractivity contribution < 1.29 is 19.0 Å². The molecule has 4 rings (SSSR count). The molecule has 1 fully saturated rings. The second-order valence-corrected chi connectivity index (χ2v) is 7.26. The molecule has 150 valence electrons. The van der Waals surface area contributed by atoms with E-state index in [9.17, 15) is 10.1 Å². The highest BCUT2D eigenvalue weighted by atomic mass is 16.7. The van der Waals surface area contributed by atoms with Crippen molar-refractivity contribution in [3.63, 3.8) is 0 Å². The van der Waals surface area contributed by atoms with E-state index in [4.69, 9.17) is 14.2 Å². The van der Waals surface area contributed by atoms with Gasteiger partial charge in [0.2, 0.25) is 6.79 Å². The maximum Gasteiger partial charge on any atom is 0.266 e. The summed E-state index contributed by atoms with van der Waals surface area (Å²) in [5.41, 5.74) is 3.54. The molecule has 1 aromatic carbocycles. The first kappa shape index (κ1) is 19.1. The van der Waals surface area contributed by atoms with Gasteiger partial charge in [-0.3, -0.25) is 4.79 Å². The van der Waals surface area contributed by atoms with Crippen LogP contribution in [-0.2, 0) is 16.1 Å². The summed E-state index contributed by atoms with van der Waals surface area (Å²) < 4.78 is 18.5. The molecule has 0 saturated carbocycles. The monoisotopic (exact) mass is 393 g/mol. The normalized spacial score (nSPS) is 18.0. The van der Waals surface area contributed by atoms with E-state index in [0.717, 1.165) is 42.9 Å². The summed E-state index contributed by atoms with van der Waals surface area (Å²) in [5, 5.41) is 12.3. The Balaban J connectivity index is 1.52. The van der Waals surface area contributed by atoms with Gasteiger partial charge in [0.1, 0.15) is 11.6 Å². The minimum absolute atomic E-state index is 0.0417. The number of ether oxygens (including phenoxy) is 3. The molecule has 7 heteroatoms. The summed E-state index contributed by atoms with van der Waals surface area (Å²) in [5.74, 6) is 0.746. The van der Waals surface area contributed by atoms with Crippen molar-refractivity contribution in [3.8, 4) is 17.6 Å². The van der Waals surface area contributed by atoms with Crippen molar-refractivity contribution in [3.05, 3.63) is 46.8 Å². The van der Waals surface area contributed by atoms with Crippen LogP contribution in [0.2, 0.25) is 0 Å². The lowest BCUT2D eigenvalue weighted by molar-refractivity contribution is -0.112. The van der Waals surface area contributed by atoms with Gasteiger partial charge in [-0.2, -0.15) is 5.26 Å². The van der Waals surface area contributed by atoms with Gasteiger partial charge in [-0.15, -0.1) is 0 Å². The maximum absolute atomic E-state index is 12.6. The molecule has 1 atom stereocenters. The van der Waals surface area contributed by atoms with E-state index in [1.165, 1.54) is 0 Å². The molecule has 1 N–H and O–H groups in total. The van der Waals surface area contributed by atoms with Crippen LogP contribution in [0, 0.1) is 25.2 Å². The van der Waals surface area contributed by atoms with E-state index < -0.39 is 5.91 Å². The number of aryl methyl sites for hydroxylation is 1. The molecular weight excluding hydrogens is 370 g/mol. The van der Waals surface area contributed by atoms with Crippen LogP contribution < -0.4 is 14.8 Å². The molecule has 0 aliphatic carbocycles. The average Bonchev–Trinajstić information content (AvgIpc) is 3.44. The number of hydrogen-bond donors (Lipinski definition) is 1. The van der Waals surface area contributed by atoms with Gasteiger partial charge in [0.05, 0.1) is 6.10 Å². The number of amides is 1. The van der Waals surface area contributed by atoms with E-state index in [1.807, 2.05) is 26.0 Å². The highest BCUT2D eigenvalue weighted by Crippen LogP contribution is 2.34. The van der Waals surface area contributed by atoms with E-state index in [0.29, 0.717) is 17.2 Å². The van der Waals surface area contributed by atoms with Gasteiger partial charge in [0, 0.05) is 36.3 Å². The van der Waals surface area contributed by atoms with E-state index >= 15 is 0 Å². The molecule has 3 heterocycles. The topological polar surface area (TPSA) is 85.5 Å². The summed E-state index contributed by atoms with van der Waals surface area (Å²) in [6.07, 6.45) is 4.01. The zero-order valence-electron chi connectivity index (χ0n) is 16.5. The lowest BCUT2D eigenvalue weighted by Crippen LogP contribution is -2.17. The average molecular weight is 393 g/mol. The molecule has 1 aromatic heterocycles. The lowest BCUT2D eigenvalue weighted by atomic mass is 10.1. The molecule has 0 unspecified atom stereocenters. The Morgan fingerprint density at radius 2 is 2.14 bits per heavy atom. The van der Waals surface area contributed by atoms with Gasteiger partial charge in [-0.25, -0.2) is 0 Å². The summed E-state index contributed by atoms with van der Waals surface area (Å²) in [4.78, 5) is 12.6. The number of nitriles is 1. The summed E-state index contributed by atoms with van der Waals surface area (Å²) >= 11 is 0. The van der Waals surface area contributed by atoms with Gasteiger partial charge < -0.3 is 24.1 Å². The number of aromatic nitrogens is 1. The lowest BCUT2D eigenvalue weighted by Gasteiger charge is -2.14. The van der Waals surface area contributed by atoms with Crippen LogP contribution in [0.25, 0.3) is 6.08 Å². The van der Waals surface area contributed by atoms with Gasteiger partial charge in [-0.1, -0.05) is 0 Å². The molecule has 29 heavy (non-hydrogen) atoms. The summed E-state index contributed by atoms with van der Waals surface area (Å²) in [7, 11) is 0. The highest BCUT2D eigenvalue weighted by Gasteiger charge is 2.20. The van der Waals surface area contributed by atoms with Crippen molar-refractivity contribution in [2.45, 2.75) is 39.3 Å². The van der Waals surface area contributed by atoms with Crippen molar-refractivity contribution in [2.24, 2.45) is 0 Å². The van der Waals surface area contributed by atoms with E-state index in [-0.39, 0.29) is 18.5 Å². The highest BCUT2D eigenvalue weighted by molar-refractivity contribution is 6.09. The molecule has 2 aliphatic heterocycles. The van der Waals surface area contributed by atoms with E-state index in [1.54, 1.807) is 24.3 Å². The first-order valence-corrected chi connectivity index (χ1v) is 9.66. The molecular formula is C22H23N3O4. The van der Waals surface area contributed by atoms with E-state index in [2.05, 4.69) is 9.88 Å². The fraction of sp³-hybridized carbons (Fsp3) is 0.364. The minimum Gasteiger partial charge on any atom is -0.454 e. The number of rotatable bonds is 5. The Morgan fingerprint density at radius 1 is 1.31 bits per heavy atom. The van der Waals surface area contributed by atoms with Crippen LogP contribution >= 0.6 is 0 Å². The van der Waals surface area contributed by atoms with Crippen molar-refractivity contribution in [1.82, 2.24) is 4.57 Å². The Kier molecular flexibility index (Phi) is 5.28. The number of carbonyl (C=O) groups excluding carboxylic acids is 1. The molecule has 1 amide bonds. The second-order valence-electron chi connectivity index (χ2n) is 7.26. The van der Waals surface area contributed by atoms with Crippen LogP contribution in [0.15, 0.2) is 29.8 Å². The van der Waals surface area contributed by atoms with Gasteiger partial charge in [0.25, 0.3) is 5.91 Å². The smallest absolute Gasteiger partial charge is 0.266 e. The molecule has 0 spiro atoms. The molecule has 7 nitrogen and oxygen atoms in total. The standard InChI is InChI=1S/C22H23N3O4/c1-14-8-16(15(2)25(14)12-19-4-3-7-27-19)9-17(11-23)22(26)24-18-5-6-20-21(10-18)29-13-28-20/h5-6,8-10,19H,3-4,7,12-13H2,1-2H3,(H,24,26)/b17-9+/t19-/m1/s1. The van der Waals surface area contributed by atoms with Gasteiger partial charge >= 0.3 is 0 Å². The predicted octanol–water partition coefficient (Wildman–Crippen LogP) is 3.56. The first-order valence-electron chi connectivity index (χ1n) is 9.66. The number of anilines is 1. The van der Waals surface area contributed by atoms with Crippen molar-refractivity contribution in [2.75, 3.05) is 18.7 Å². The molecule has 1 saturated heterocycles. The fourth-order valence-electron chi connectivity index (χ4n) is 3.72. The van der Waals surface area contributed by atoms with Crippen molar-refractivity contribution >= 4 is 17.7 Å². The Bertz CT molecular complexity index is 1010. The third-order valence-electron chi connectivity index (χ3n) is 5.32. The Hall–Kier alpha value is -3.24. The van der Waals surface area contributed by atoms with Crippen molar-refractivity contribution in [1.29, 1.82) is 5.26 Å². The van der Waals surface area contributed by atoms with Crippen LogP contribution in [0.1, 0.15) is 29.8 Å². The largest absolute Gasteiger partial charge is 0.454 e. The van der Waals surface area contributed by atoms with Crippen LogP contribution in [0.5, 0.6) is 11.5 Å². The number of fused-ring (bicyclic) bond motifs is 1. The predicted molar refractivity (Wildman–Crippen MR) is 108 cm³/mol. The number of hydrogen-bond acceptors (Lipinski definition) is 5. The Labute approximate surface area is 169 Å². The first-order chi connectivity index (χ1) is 14.0. The minimum atomic E-state index is -0.463. The summed E-state index contributed by atoms with van der Waals surface area (Å²) in [6.45, 7) is 5.79. The van der Waals surface area contributed by atoms with Gasteiger partial charge in [0.15, 0.2) is 11.5 Å². The maximum atomic E-state index is 12.6. The molecule has 0 radical (unpaired) electrons. The van der Waals surface area contributed by atoms with Crippen LogP contribution in [-0.4, -0.2) is 30.0 Å². The number of nitrogens with zero attached hydrogens (tertiary/aromatic N) is 2. The Morgan fingerprint density at radius 3 is 2.90 bits per heavy atom. The fourth-order valence-corrected chi connectivity index (χ4v) is 3.72. The number of benzene rings is 1. The molecule has 2 aliphatic rings. The molecule has 2 aromatic rings. The third kappa shape index (κ3) is 3.98. The SMILES string of the molecule is Cc1cc(/C=C(\C#N)C(=O)Nc2ccc3c(c2)OCO3)c(C)n1C[C@H]1CCCO1. The molecule has 0 bridgehead atoms. The van der Waals surface area contributed by atoms with Crippen LogP contribution in [0.3, 0.4) is 0 Å². The number of carbonyl (C=O) groups is 1. The quantitative estimate of drug-likeness (QED) is 0.620. The van der Waals surface area contributed by atoms with Gasteiger partial charge in [-0.05, 0) is 56.5 Å². The van der Waals surface area contributed by atoms with Crippen LogP contribution in [0.4, 0.5) is 5.69 Å². The number of nitrogens with one attached hydrogen (secondary N) is 1. The summed E-state index contributed by atoms with van der Waals surface area (Å²) in [6, 6.07) is 9.13. The second kappa shape index (κ2) is 8.02. The zero-order chi connectivity index (χ0) is 20.4.